The molecule has 1 N–H and O–H groups in total. The number of hydrogen-bond donors (Lipinski definition) is 1. The van der Waals surface area contributed by atoms with Crippen LogP contribution in [0.25, 0.3) is 16.6 Å². The van der Waals surface area contributed by atoms with Gasteiger partial charge in [-0.05, 0) is 61.6 Å². The Morgan fingerprint density at radius 1 is 1.18 bits per heavy atom. The highest BCUT2D eigenvalue weighted by Gasteiger charge is 2.26. The van der Waals surface area contributed by atoms with Crippen molar-refractivity contribution in [2.75, 3.05) is 26.0 Å². The van der Waals surface area contributed by atoms with E-state index in [-0.39, 0.29) is 5.91 Å². The minimum absolute atomic E-state index is 0.150. The van der Waals surface area contributed by atoms with Crippen LogP contribution in [0, 0.1) is 6.92 Å². The number of hydrogen-bond acceptors (Lipinski definition) is 5. The van der Waals surface area contributed by atoms with Crippen molar-refractivity contribution < 1.29 is 9.53 Å². The van der Waals surface area contributed by atoms with Crippen molar-refractivity contribution in [3.63, 3.8) is 0 Å². The van der Waals surface area contributed by atoms with Crippen LogP contribution in [-0.2, 0) is 4.79 Å². The molecule has 8 heteroatoms. The van der Waals surface area contributed by atoms with Crippen molar-refractivity contribution in [1.82, 2.24) is 24.6 Å². The van der Waals surface area contributed by atoms with E-state index >= 15 is 0 Å². The number of amides is 1. The third kappa shape index (κ3) is 4.48. The number of aromatic amines is 1. The summed E-state index contributed by atoms with van der Waals surface area (Å²) in [5.74, 6) is 1.82. The third-order valence-electron chi connectivity index (χ3n) is 6.36. The summed E-state index contributed by atoms with van der Waals surface area (Å²) in [7, 11) is 1.69. The average molecular weight is 462 g/mol. The number of methoxy groups -OCH3 is 1. The second-order valence-electron chi connectivity index (χ2n) is 8.42. The van der Waals surface area contributed by atoms with E-state index in [9.17, 15) is 4.79 Å². The van der Waals surface area contributed by atoms with Crippen LogP contribution in [-0.4, -0.2) is 56.5 Å². The second-order valence-corrected chi connectivity index (χ2v) is 9.36. The van der Waals surface area contributed by atoms with Crippen LogP contribution in [0.15, 0.2) is 60.1 Å². The number of likely N-dealkylation sites (tertiary alicyclic amines) is 1. The summed E-state index contributed by atoms with van der Waals surface area (Å²) in [6, 6.07) is 14.3. The normalized spacial score (nSPS) is 14.7. The highest BCUT2D eigenvalue weighted by atomic mass is 32.2. The smallest absolute Gasteiger partial charge is 0.233 e. The van der Waals surface area contributed by atoms with E-state index in [0.29, 0.717) is 11.7 Å². The number of aromatic nitrogens is 4. The summed E-state index contributed by atoms with van der Waals surface area (Å²) in [5.41, 5.74) is 4.64. The first-order valence-electron chi connectivity index (χ1n) is 11.1. The molecule has 0 aliphatic carbocycles. The number of thioether (sulfide) groups is 1. The Morgan fingerprint density at radius 3 is 2.73 bits per heavy atom. The zero-order valence-electron chi connectivity index (χ0n) is 18.8. The van der Waals surface area contributed by atoms with Crippen molar-refractivity contribution in [1.29, 1.82) is 0 Å². The van der Waals surface area contributed by atoms with Crippen molar-refractivity contribution in [2.24, 2.45) is 0 Å². The minimum atomic E-state index is 0.150. The van der Waals surface area contributed by atoms with E-state index in [2.05, 4.69) is 52.6 Å². The molecule has 1 amide bonds. The molecule has 0 spiro atoms. The molecule has 5 rings (SSSR count). The van der Waals surface area contributed by atoms with E-state index < -0.39 is 0 Å². The number of rotatable bonds is 6. The standard InChI is InChI=1S/C25H27N5O2S/c1-17-3-5-19(6-4-17)30-16-27-28-25(30)33-15-24(31)29-11-9-18(10-12-29)22-14-26-23-8-7-20(32-2)13-21(22)23/h3-8,13-14,16,18,26H,9-12,15H2,1-2H3. The Kier molecular flexibility index (Phi) is 6.09. The number of carbonyl (C=O) groups excluding carboxylic acids is 1. The first-order valence-corrected chi connectivity index (χ1v) is 12.1. The van der Waals surface area contributed by atoms with Gasteiger partial charge in [0.05, 0.1) is 12.9 Å². The van der Waals surface area contributed by atoms with E-state index in [1.807, 2.05) is 27.7 Å². The molecule has 0 atom stereocenters. The monoisotopic (exact) mass is 461 g/mol. The Hall–Kier alpha value is -3.26. The van der Waals surface area contributed by atoms with Crippen LogP contribution >= 0.6 is 11.8 Å². The molecule has 1 fully saturated rings. The van der Waals surface area contributed by atoms with E-state index in [0.717, 1.165) is 48.0 Å². The fourth-order valence-electron chi connectivity index (χ4n) is 4.45. The van der Waals surface area contributed by atoms with Crippen LogP contribution in [0.4, 0.5) is 0 Å². The Bertz CT molecular complexity index is 1260. The van der Waals surface area contributed by atoms with Gasteiger partial charge in [0.1, 0.15) is 12.1 Å². The van der Waals surface area contributed by atoms with Crippen molar-refractivity contribution in [2.45, 2.75) is 30.8 Å². The topological polar surface area (TPSA) is 76.0 Å². The van der Waals surface area contributed by atoms with Crippen LogP contribution in [0.5, 0.6) is 5.75 Å². The lowest BCUT2D eigenvalue weighted by molar-refractivity contribution is -0.129. The van der Waals surface area contributed by atoms with Crippen molar-refractivity contribution >= 4 is 28.6 Å². The molecule has 1 aliphatic heterocycles. The lowest BCUT2D eigenvalue weighted by Crippen LogP contribution is -2.38. The lowest BCUT2D eigenvalue weighted by atomic mass is 9.89. The van der Waals surface area contributed by atoms with Crippen molar-refractivity contribution in [3.05, 3.63) is 66.1 Å². The molecule has 2 aromatic carbocycles. The zero-order chi connectivity index (χ0) is 22.8. The van der Waals surface area contributed by atoms with E-state index in [1.165, 1.54) is 28.3 Å². The molecule has 7 nitrogen and oxygen atoms in total. The summed E-state index contributed by atoms with van der Waals surface area (Å²) < 4.78 is 7.33. The summed E-state index contributed by atoms with van der Waals surface area (Å²) in [5, 5.41) is 10.2. The van der Waals surface area contributed by atoms with Gasteiger partial charge in [-0.2, -0.15) is 0 Å². The summed E-state index contributed by atoms with van der Waals surface area (Å²) in [6.07, 6.45) is 5.72. The molecule has 4 aromatic rings. The van der Waals surface area contributed by atoms with Gasteiger partial charge in [0.15, 0.2) is 5.16 Å². The Morgan fingerprint density at radius 2 is 1.97 bits per heavy atom. The van der Waals surface area contributed by atoms with Crippen LogP contribution in [0.1, 0.15) is 29.9 Å². The lowest BCUT2D eigenvalue weighted by Gasteiger charge is -2.32. The Balaban J connectivity index is 1.19. The average Bonchev–Trinajstić information content (AvgIpc) is 3.50. The number of ether oxygens (including phenoxy) is 1. The Labute approximate surface area is 197 Å². The SMILES string of the molecule is COc1ccc2[nH]cc(C3CCN(C(=O)CSc4nncn4-c4ccc(C)cc4)CC3)c2c1. The van der Waals surface area contributed by atoms with Gasteiger partial charge in [0.25, 0.3) is 0 Å². The van der Waals surface area contributed by atoms with Gasteiger partial charge in [0, 0.05) is 35.9 Å². The molecule has 170 valence electrons. The van der Waals surface area contributed by atoms with Gasteiger partial charge < -0.3 is 14.6 Å². The highest BCUT2D eigenvalue weighted by molar-refractivity contribution is 7.99. The first-order chi connectivity index (χ1) is 16.1. The molecule has 0 saturated carbocycles. The van der Waals surface area contributed by atoms with E-state index in [1.54, 1.807) is 13.4 Å². The number of carbonyl (C=O) groups is 1. The molecular weight excluding hydrogens is 434 g/mol. The summed E-state index contributed by atoms with van der Waals surface area (Å²) >= 11 is 1.44. The quantitative estimate of drug-likeness (QED) is 0.426. The van der Waals surface area contributed by atoms with Crippen LogP contribution in [0.3, 0.4) is 0 Å². The molecule has 1 aliphatic rings. The predicted molar refractivity (Wildman–Crippen MR) is 130 cm³/mol. The first kappa shape index (κ1) is 21.6. The zero-order valence-corrected chi connectivity index (χ0v) is 19.6. The molecular formula is C25H27N5O2S. The maximum atomic E-state index is 12.9. The predicted octanol–water partition coefficient (Wildman–Crippen LogP) is 4.56. The summed E-state index contributed by atoms with van der Waals surface area (Å²) in [6.45, 7) is 3.60. The molecule has 1 saturated heterocycles. The number of nitrogens with zero attached hydrogens (tertiary/aromatic N) is 4. The van der Waals surface area contributed by atoms with Gasteiger partial charge in [-0.3, -0.25) is 9.36 Å². The molecule has 33 heavy (non-hydrogen) atoms. The highest BCUT2D eigenvalue weighted by Crippen LogP contribution is 2.35. The van der Waals surface area contributed by atoms with Crippen LogP contribution < -0.4 is 4.74 Å². The third-order valence-corrected chi connectivity index (χ3v) is 7.29. The van der Waals surface area contributed by atoms with E-state index in [4.69, 9.17) is 4.74 Å². The number of aryl methyl sites for hydroxylation is 1. The second kappa shape index (κ2) is 9.31. The largest absolute Gasteiger partial charge is 0.497 e. The number of H-pyrrole nitrogens is 1. The van der Waals surface area contributed by atoms with Gasteiger partial charge in [-0.25, -0.2) is 0 Å². The number of piperidine rings is 1. The fourth-order valence-corrected chi connectivity index (χ4v) is 5.28. The van der Waals surface area contributed by atoms with Crippen LogP contribution in [0.2, 0.25) is 0 Å². The summed E-state index contributed by atoms with van der Waals surface area (Å²) in [4.78, 5) is 18.3. The molecule has 2 aromatic heterocycles. The number of fused-ring (bicyclic) bond motifs is 1. The number of benzene rings is 2. The molecule has 0 bridgehead atoms. The van der Waals surface area contributed by atoms with Gasteiger partial charge in [0.2, 0.25) is 5.91 Å². The number of nitrogens with one attached hydrogen (secondary N) is 1. The van der Waals surface area contributed by atoms with Gasteiger partial charge in [-0.15, -0.1) is 10.2 Å². The maximum Gasteiger partial charge on any atom is 0.233 e. The molecule has 0 unspecified atom stereocenters. The molecule has 0 radical (unpaired) electrons. The van der Waals surface area contributed by atoms with Gasteiger partial charge >= 0.3 is 0 Å². The minimum Gasteiger partial charge on any atom is -0.497 e. The fraction of sp³-hybridized carbons (Fsp3) is 0.320. The molecule has 3 heterocycles. The maximum absolute atomic E-state index is 12.9. The van der Waals surface area contributed by atoms with Crippen molar-refractivity contribution in [3.8, 4) is 11.4 Å². The van der Waals surface area contributed by atoms with Gasteiger partial charge in [-0.1, -0.05) is 29.5 Å².